The zero-order valence-electron chi connectivity index (χ0n) is 15.7. The number of hydrogen-bond acceptors (Lipinski definition) is 3. The number of amides is 1. The number of rotatable bonds is 5. The van der Waals surface area contributed by atoms with E-state index in [1.54, 1.807) is 55.5 Å². The summed E-state index contributed by atoms with van der Waals surface area (Å²) in [5.74, 6) is -0.391. The maximum atomic E-state index is 12.7. The maximum Gasteiger partial charge on any atom is 0.261 e. The van der Waals surface area contributed by atoms with Gasteiger partial charge < -0.3 is 5.32 Å². The van der Waals surface area contributed by atoms with Gasteiger partial charge in [-0.05, 0) is 61.9 Å². The molecule has 29 heavy (non-hydrogen) atoms. The Morgan fingerprint density at radius 3 is 2.24 bits per heavy atom. The Morgan fingerprint density at radius 2 is 1.59 bits per heavy atom. The number of halogens is 2. The van der Waals surface area contributed by atoms with Gasteiger partial charge in [0.2, 0.25) is 0 Å². The second-order valence-electron chi connectivity index (χ2n) is 6.48. The van der Waals surface area contributed by atoms with Gasteiger partial charge in [-0.3, -0.25) is 9.52 Å². The highest BCUT2D eigenvalue weighted by Crippen LogP contribution is 2.27. The molecule has 0 spiro atoms. The van der Waals surface area contributed by atoms with Gasteiger partial charge in [0.15, 0.2) is 0 Å². The molecule has 0 radical (unpaired) electrons. The summed E-state index contributed by atoms with van der Waals surface area (Å²) in [4.78, 5) is 12.8. The Morgan fingerprint density at radius 1 is 0.897 bits per heavy atom. The summed E-state index contributed by atoms with van der Waals surface area (Å²) in [7, 11) is -3.78. The first-order valence-electron chi connectivity index (χ1n) is 8.63. The van der Waals surface area contributed by atoms with Crippen LogP contribution in [0.3, 0.4) is 0 Å². The summed E-state index contributed by atoms with van der Waals surface area (Å²) in [5, 5.41) is 3.44. The van der Waals surface area contributed by atoms with E-state index in [-0.39, 0.29) is 4.90 Å². The van der Waals surface area contributed by atoms with E-state index >= 15 is 0 Å². The van der Waals surface area contributed by atoms with Crippen LogP contribution in [0.25, 0.3) is 0 Å². The Kier molecular flexibility index (Phi) is 6.17. The first-order valence-corrected chi connectivity index (χ1v) is 10.9. The van der Waals surface area contributed by atoms with E-state index in [2.05, 4.69) is 10.0 Å². The van der Waals surface area contributed by atoms with Gasteiger partial charge in [-0.1, -0.05) is 47.0 Å². The highest BCUT2D eigenvalue weighted by molar-refractivity contribution is 7.92. The molecular formula is C21H18Cl2N2O3S. The molecule has 150 valence electrons. The molecule has 1 amide bonds. The van der Waals surface area contributed by atoms with Crippen LogP contribution in [0.15, 0.2) is 65.6 Å². The number of carbonyl (C=O) groups excluding carboxylic acids is 1. The molecule has 0 saturated carbocycles. The van der Waals surface area contributed by atoms with Crippen LogP contribution < -0.4 is 10.0 Å². The monoisotopic (exact) mass is 448 g/mol. The van der Waals surface area contributed by atoms with Gasteiger partial charge in [-0.25, -0.2) is 8.42 Å². The molecule has 0 bridgehead atoms. The number of hydrogen-bond donors (Lipinski definition) is 2. The van der Waals surface area contributed by atoms with Gasteiger partial charge in [0.25, 0.3) is 15.9 Å². The van der Waals surface area contributed by atoms with Gasteiger partial charge in [0.05, 0.1) is 20.6 Å². The van der Waals surface area contributed by atoms with E-state index in [0.717, 1.165) is 5.56 Å². The molecule has 3 aromatic rings. The van der Waals surface area contributed by atoms with Crippen molar-refractivity contribution >= 4 is 50.5 Å². The lowest BCUT2D eigenvalue weighted by atomic mass is 10.1. The van der Waals surface area contributed by atoms with E-state index < -0.39 is 15.9 Å². The smallest absolute Gasteiger partial charge is 0.261 e. The molecular weight excluding hydrogens is 431 g/mol. The summed E-state index contributed by atoms with van der Waals surface area (Å²) in [6, 6.07) is 16.1. The van der Waals surface area contributed by atoms with Gasteiger partial charge >= 0.3 is 0 Å². The van der Waals surface area contributed by atoms with Crippen molar-refractivity contribution in [2.45, 2.75) is 18.7 Å². The van der Waals surface area contributed by atoms with Crippen molar-refractivity contribution in [3.05, 3.63) is 87.4 Å². The summed E-state index contributed by atoms with van der Waals surface area (Å²) >= 11 is 11.9. The lowest BCUT2D eigenvalue weighted by molar-refractivity contribution is 0.102. The van der Waals surface area contributed by atoms with Crippen LogP contribution in [0.5, 0.6) is 0 Å². The Labute approximate surface area is 179 Å². The van der Waals surface area contributed by atoms with E-state index in [0.29, 0.717) is 32.5 Å². The van der Waals surface area contributed by atoms with Crippen LogP contribution in [0, 0.1) is 13.8 Å². The summed E-state index contributed by atoms with van der Waals surface area (Å²) in [6.45, 7) is 3.56. The zero-order chi connectivity index (χ0) is 21.2. The molecule has 0 aliphatic carbocycles. The number of carbonyl (C=O) groups is 1. The second kappa shape index (κ2) is 8.45. The number of benzene rings is 3. The summed E-state index contributed by atoms with van der Waals surface area (Å²) in [6.07, 6.45) is 0. The Bertz CT molecular complexity index is 1180. The van der Waals surface area contributed by atoms with Crippen molar-refractivity contribution in [2.24, 2.45) is 0 Å². The molecule has 8 heteroatoms. The second-order valence-corrected chi connectivity index (χ2v) is 8.98. The van der Waals surface area contributed by atoms with Gasteiger partial charge in [0.1, 0.15) is 0 Å². The SMILES string of the molecule is Cc1ccc(S(=O)(=O)Nc2cccc(C(=O)Nc3ccc(Cl)c(Cl)c3)c2C)cc1. The minimum absolute atomic E-state index is 0.146. The number of nitrogens with one attached hydrogen (secondary N) is 2. The fourth-order valence-electron chi connectivity index (χ4n) is 2.69. The molecule has 0 aromatic heterocycles. The Hall–Kier alpha value is -2.54. The molecule has 0 heterocycles. The van der Waals surface area contributed by atoms with Crippen LogP contribution in [0.2, 0.25) is 10.0 Å². The fraction of sp³-hybridized carbons (Fsp3) is 0.0952. The van der Waals surface area contributed by atoms with Crippen molar-refractivity contribution < 1.29 is 13.2 Å². The largest absolute Gasteiger partial charge is 0.322 e. The number of sulfonamides is 1. The van der Waals surface area contributed by atoms with Gasteiger partial charge in [-0.2, -0.15) is 0 Å². The minimum atomic E-state index is -3.78. The topological polar surface area (TPSA) is 75.3 Å². The lowest BCUT2D eigenvalue weighted by Gasteiger charge is -2.14. The predicted molar refractivity (Wildman–Crippen MR) is 118 cm³/mol. The van der Waals surface area contributed by atoms with E-state index in [4.69, 9.17) is 23.2 Å². The fourth-order valence-corrected chi connectivity index (χ4v) is 4.11. The Balaban J connectivity index is 1.86. The molecule has 5 nitrogen and oxygen atoms in total. The summed E-state index contributed by atoms with van der Waals surface area (Å²) in [5.41, 5.74) is 2.60. The predicted octanol–water partition coefficient (Wildman–Crippen LogP) is 5.66. The highest BCUT2D eigenvalue weighted by atomic mass is 35.5. The molecule has 2 N–H and O–H groups in total. The van der Waals surface area contributed by atoms with Crippen molar-refractivity contribution in [3.8, 4) is 0 Å². The minimum Gasteiger partial charge on any atom is -0.322 e. The lowest BCUT2D eigenvalue weighted by Crippen LogP contribution is -2.17. The highest BCUT2D eigenvalue weighted by Gasteiger charge is 2.18. The normalized spacial score (nSPS) is 11.2. The third-order valence-electron chi connectivity index (χ3n) is 4.33. The van der Waals surface area contributed by atoms with Crippen LogP contribution in [0.4, 0.5) is 11.4 Å². The van der Waals surface area contributed by atoms with Crippen LogP contribution in [-0.4, -0.2) is 14.3 Å². The molecule has 3 rings (SSSR count). The average molecular weight is 449 g/mol. The van der Waals surface area contributed by atoms with Crippen molar-refractivity contribution in [1.82, 2.24) is 0 Å². The van der Waals surface area contributed by atoms with Crippen molar-refractivity contribution in [3.63, 3.8) is 0 Å². The van der Waals surface area contributed by atoms with Crippen LogP contribution in [0.1, 0.15) is 21.5 Å². The molecule has 3 aromatic carbocycles. The number of anilines is 2. The summed E-state index contributed by atoms with van der Waals surface area (Å²) < 4.78 is 27.9. The third-order valence-corrected chi connectivity index (χ3v) is 6.45. The van der Waals surface area contributed by atoms with E-state index in [1.165, 1.54) is 12.1 Å². The van der Waals surface area contributed by atoms with E-state index in [9.17, 15) is 13.2 Å². The van der Waals surface area contributed by atoms with Crippen LogP contribution >= 0.6 is 23.2 Å². The zero-order valence-corrected chi connectivity index (χ0v) is 18.0. The van der Waals surface area contributed by atoms with Gasteiger partial charge in [-0.15, -0.1) is 0 Å². The maximum absolute atomic E-state index is 12.7. The van der Waals surface area contributed by atoms with E-state index in [1.807, 2.05) is 6.92 Å². The molecule has 0 atom stereocenters. The standard InChI is InChI=1S/C21H18Cl2N2O3S/c1-13-6-9-16(10-7-13)29(27,28)25-20-5-3-4-17(14(20)2)21(26)24-15-8-11-18(22)19(23)12-15/h3-12,25H,1-2H3,(H,24,26). The van der Waals surface area contributed by atoms with Crippen LogP contribution in [-0.2, 0) is 10.0 Å². The van der Waals surface area contributed by atoms with Crippen molar-refractivity contribution in [2.75, 3.05) is 10.0 Å². The van der Waals surface area contributed by atoms with Gasteiger partial charge in [0, 0.05) is 11.3 Å². The quantitative estimate of drug-likeness (QED) is 0.528. The molecule has 0 saturated heterocycles. The molecule has 0 aliphatic heterocycles. The number of aryl methyl sites for hydroxylation is 1. The average Bonchev–Trinajstić information content (AvgIpc) is 2.66. The first kappa shape index (κ1) is 21.2. The van der Waals surface area contributed by atoms with Crippen molar-refractivity contribution in [1.29, 1.82) is 0 Å². The molecule has 0 fully saturated rings. The first-order chi connectivity index (χ1) is 13.7. The third kappa shape index (κ3) is 4.90. The molecule has 0 unspecified atom stereocenters. The molecule has 0 aliphatic rings.